The number of hydrogen-bond donors (Lipinski definition) is 1. The highest BCUT2D eigenvalue weighted by molar-refractivity contribution is 4.97. The van der Waals surface area contributed by atoms with Crippen LogP contribution in [0, 0.1) is 11.3 Å². The molecule has 3 atom stereocenters. The average Bonchev–Trinajstić information content (AvgIpc) is 2.65. The quantitative estimate of drug-likeness (QED) is 0.829. The van der Waals surface area contributed by atoms with Crippen molar-refractivity contribution in [2.24, 2.45) is 11.3 Å². The minimum Gasteiger partial charge on any atom is -0.379 e. The summed E-state index contributed by atoms with van der Waals surface area (Å²) < 4.78 is 5.55. The van der Waals surface area contributed by atoms with Gasteiger partial charge in [-0.3, -0.25) is 4.90 Å². The number of ether oxygens (including phenoxy) is 1. The molecule has 0 aromatic carbocycles. The molecule has 0 aromatic heterocycles. The van der Waals surface area contributed by atoms with E-state index in [1.807, 2.05) is 0 Å². The van der Waals surface area contributed by atoms with E-state index in [0.29, 0.717) is 17.5 Å². The Labute approximate surface area is 119 Å². The van der Waals surface area contributed by atoms with E-state index in [1.54, 1.807) is 0 Å². The van der Waals surface area contributed by atoms with E-state index < -0.39 is 0 Å². The molecule has 1 aliphatic heterocycles. The lowest BCUT2D eigenvalue weighted by Crippen LogP contribution is -2.50. The van der Waals surface area contributed by atoms with Crippen molar-refractivity contribution in [3.63, 3.8) is 0 Å². The summed E-state index contributed by atoms with van der Waals surface area (Å²) in [6, 6.07) is 1.27. The summed E-state index contributed by atoms with van der Waals surface area (Å²) in [6.07, 6.45) is 3.96. The molecule has 1 saturated heterocycles. The molecule has 0 aromatic rings. The molecular weight excluding hydrogens is 236 g/mol. The van der Waals surface area contributed by atoms with E-state index in [-0.39, 0.29) is 0 Å². The highest BCUT2D eigenvalue weighted by Gasteiger charge is 2.42. The van der Waals surface area contributed by atoms with Crippen molar-refractivity contribution in [2.75, 3.05) is 32.8 Å². The highest BCUT2D eigenvalue weighted by atomic mass is 16.5. The van der Waals surface area contributed by atoms with Gasteiger partial charge < -0.3 is 10.1 Å². The van der Waals surface area contributed by atoms with Crippen molar-refractivity contribution in [3.05, 3.63) is 0 Å². The van der Waals surface area contributed by atoms with E-state index in [2.05, 4.69) is 37.9 Å². The molecule has 1 aliphatic carbocycles. The first-order valence-electron chi connectivity index (χ1n) is 8.09. The normalized spacial score (nSPS) is 35.7. The van der Waals surface area contributed by atoms with Gasteiger partial charge in [0.05, 0.1) is 13.2 Å². The first-order chi connectivity index (χ1) is 9.04. The summed E-state index contributed by atoms with van der Waals surface area (Å²) in [7, 11) is 0. The molecule has 0 spiro atoms. The maximum atomic E-state index is 5.55. The van der Waals surface area contributed by atoms with Gasteiger partial charge in [0.25, 0.3) is 0 Å². The summed E-state index contributed by atoms with van der Waals surface area (Å²) in [5, 5.41) is 3.82. The Balaban J connectivity index is 1.93. The Hall–Kier alpha value is -0.120. The lowest BCUT2D eigenvalue weighted by Gasteiger charge is -2.38. The Morgan fingerprint density at radius 2 is 2.16 bits per heavy atom. The van der Waals surface area contributed by atoms with Gasteiger partial charge >= 0.3 is 0 Å². The minimum atomic E-state index is 0.454. The Kier molecular flexibility index (Phi) is 5.27. The zero-order valence-electron chi connectivity index (χ0n) is 13.2. The molecule has 2 rings (SSSR count). The third-order valence-corrected chi connectivity index (χ3v) is 5.06. The summed E-state index contributed by atoms with van der Waals surface area (Å²) in [4.78, 5) is 2.64. The average molecular weight is 268 g/mol. The van der Waals surface area contributed by atoms with Crippen LogP contribution >= 0.6 is 0 Å². The van der Waals surface area contributed by atoms with Gasteiger partial charge in [0.2, 0.25) is 0 Å². The van der Waals surface area contributed by atoms with E-state index in [9.17, 15) is 0 Å². The maximum absolute atomic E-state index is 5.55. The molecular formula is C16H32N2O. The van der Waals surface area contributed by atoms with Crippen molar-refractivity contribution in [1.29, 1.82) is 0 Å². The summed E-state index contributed by atoms with van der Waals surface area (Å²) >= 11 is 0. The SMILES string of the molecule is CCCNC1C(CN2CCOCC2C)CCC1(C)C. The molecule has 3 heteroatoms. The second-order valence-corrected chi connectivity index (χ2v) is 7.14. The van der Waals surface area contributed by atoms with Crippen LogP contribution in [0.5, 0.6) is 0 Å². The van der Waals surface area contributed by atoms with Gasteiger partial charge in [-0.2, -0.15) is 0 Å². The highest BCUT2D eigenvalue weighted by Crippen LogP contribution is 2.41. The molecule has 1 saturated carbocycles. The fourth-order valence-electron chi connectivity index (χ4n) is 3.79. The molecule has 1 heterocycles. The minimum absolute atomic E-state index is 0.454. The molecule has 2 aliphatic rings. The number of hydrogen-bond acceptors (Lipinski definition) is 3. The molecule has 19 heavy (non-hydrogen) atoms. The predicted octanol–water partition coefficient (Wildman–Crippen LogP) is 2.51. The smallest absolute Gasteiger partial charge is 0.0619 e. The second kappa shape index (κ2) is 6.55. The van der Waals surface area contributed by atoms with Gasteiger partial charge in [0.1, 0.15) is 0 Å². The topological polar surface area (TPSA) is 24.5 Å². The standard InChI is InChI=1S/C16H32N2O/c1-5-8-17-15-14(6-7-16(15,3)4)11-18-9-10-19-12-13(18)2/h13-15,17H,5-12H2,1-4H3. The van der Waals surface area contributed by atoms with Crippen molar-refractivity contribution >= 4 is 0 Å². The number of nitrogens with one attached hydrogen (secondary N) is 1. The number of nitrogens with zero attached hydrogens (tertiary/aromatic N) is 1. The van der Waals surface area contributed by atoms with Gasteiger partial charge in [-0.1, -0.05) is 20.8 Å². The molecule has 2 fully saturated rings. The third kappa shape index (κ3) is 3.71. The first-order valence-corrected chi connectivity index (χ1v) is 8.09. The monoisotopic (exact) mass is 268 g/mol. The van der Waals surface area contributed by atoms with Crippen molar-refractivity contribution in [2.45, 2.75) is 59.0 Å². The van der Waals surface area contributed by atoms with Gasteiger partial charge in [-0.25, -0.2) is 0 Å². The predicted molar refractivity (Wildman–Crippen MR) is 80.4 cm³/mol. The van der Waals surface area contributed by atoms with Crippen LogP contribution in [0.4, 0.5) is 0 Å². The Morgan fingerprint density at radius 1 is 1.37 bits per heavy atom. The zero-order valence-corrected chi connectivity index (χ0v) is 13.2. The molecule has 0 bridgehead atoms. The maximum Gasteiger partial charge on any atom is 0.0619 e. The van der Waals surface area contributed by atoms with Crippen LogP contribution < -0.4 is 5.32 Å². The third-order valence-electron chi connectivity index (χ3n) is 5.06. The van der Waals surface area contributed by atoms with Gasteiger partial charge in [-0.05, 0) is 44.1 Å². The van der Waals surface area contributed by atoms with Gasteiger partial charge in [0.15, 0.2) is 0 Å². The Morgan fingerprint density at radius 3 is 2.84 bits per heavy atom. The van der Waals surface area contributed by atoms with Crippen LogP contribution in [0.1, 0.15) is 47.0 Å². The fourth-order valence-corrected chi connectivity index (χ4v) is 3.79. The summed E-state index contributed by atoms with van der Waals surface area (Å²) in [5.41, 5.74) is 0.454. The summed E-state index contributed by atoms with van der Waals surface area (Å²) in [6.45, 7) is 14.8. The van der Waals surface area contributed by atoms with Crippen molar-refractivity contribution in [1.82, 2.24) is 10.2 Å². The van der Waals surface area contributed by atoms with Crippen LogP contribution in [0.25, 0.3) is 0 Å². The first kappa shape index (κ1) is 15.3. The van der Waals surface area contributed by atoms with Crippen molar-refractivity contribution < 1.29 is 4.74 Å². The zero-order chi connectivity index (χ0) is 13.9. The van der Waals surface area contributed by atoms with Crippen LogP contribution in [-0.2, 0) is 4.74 Å². The van der Waals surface area contributed by atoms with Crippen LogP contribution in [-0.4, -0.2) is 49.8 Å². The number of rotatable bonds is 5. The van der Waals surface area contributed by atoms with Gasteiger partial charge in [0, 0.05) is 25.2 Å². The lowest BCUT2D eigenvalue weighted by atomic mass is 9.84. The van der Waals surface area contributed by atoms with E-state index in [1.165, 1.54) is 25.8 Å². The lowest BCUT2D eigenvalue weighted by molar-refractivity contribution is -0.00964. The fraction of sp³-hybridized carbons (Fsp3) is 1.00. The van der Waals surface area contributed by atoms with E-state index in [4.69, 9.17) is 4.74 Å². The van der Waals surface area contributed by atoms with Crippen LogP contribution in [0.3, 0.4) is 0 Å². The largest absolute Gasteiger partial charge is 0.379 e. The van der Waals surface area contributed by atoms with Gasteiger partial charge in [-0.15, -0.1) is 0 Å². The summed E-state index contributed by atoms with van der Waals surface area (Å²) in [5.74, 6) is 0.807. The van der Waals surface area contributed by atoms with E-state index in [0.717, 1.165) is 32.2 Å². The van der Waals surface area contributed by atoms with Crippen LogP contribution in [0.15, 0.2) is 0 Å². The van der Waals surface area contributed by atoms with Crippen molar-refractivity contribution in [3.8, 4) is 0 Å². The molecule has 0 radical (unpaired) electrons. The second-order valence-electron chi connectivity index (χ2n) is 7.14. The molecule has 1 N–H and O–H groups in total. The Bertz CT molecular complexity index is 280. The number of morpholine rings is 1. The molecule has 112 valence electrons. The molecule has 3 unspecified atom stereocenters. The molecule has 0 amide bonds. The van der Waals surface area contributed by atoms with Crippen LogP contribution in [0.2, 0.25) is 0 Å². The van der Waals surface area contributed by atoms with E-state index >= 15 is 0 Å². The molecule has 3 nitrogen and oxygen atoms in total.